The number of methoxy groups -OCH3 is 1. The number of hydrogen-bond acceptors (Lipinski definition) is 5. The van der Waals surface area contributed by atoms with Crippen LogP contribution in [0.3, 0.4) is 0 Å². The lowest BCUT2D eigenvalue weighted by molar-refractivity contribution is -0.127. The second-order valence-electron chi connectivity index (χ2n) is 6.03. The Labute approximate surface area is 151 Å². The van der Waals surface area contributed by atoms with Crippen molar-refractivity contribution >= 4 is 23.5 Å². The molecule has 0 radical (unpaired) electrons. The van der Waals surface area contributed by atoms with Gasteiger partial charge in [0, 0.05) is 41.7 Å². The van der Waals surface area contributed by atoms with Crippen molar-refractivity contribution < 1.29 is 9.53 Å². The van der Waals surface area contributed by atoms with Crippen LogP contribution in [0.2, 0.25) is 0 Å². The summed E-state index contributed by atoms with van der Waals surface area (Å²) in [5.74, 6) is 0.882. The first-order valence-corrected chi connectivity index (χ1v) is 9.09. The van der Waals surface area contributed by atoms with Crippen molar-refractivity contribution in [3.8, 4) is 17.0 Å². The summed E-state index contributed by atoms with van der Waals surface area (Å²) in [6.45, 7) is 4.99. The monoisotopic (exact) mass is 355 g/mol. The first-order chi connectivity index (χ1) is 12.1. The fourth-order valence-electron chi connectivity index (χ4n) is 3.08. The van der Waals surface area contributed by atoms with E-state index in [0.717, 1.165) is 41.1 Å². The van der Waals surface area contributed by atoms with Gasteiger partial charge in [0.25, 0.3) is 5.91 Å². The van der Waals surface area contributed by atoms with E-state index in [0.29, 0.717) is 13.1 Å². The van der Waals surface area contributed by atoms with Gasteiger partial charge in [-0.2, -0.15) is 0 Å². The van der Waals surface area contributed by atoms with Gasteiger partial charge < -0.3 is 15.0 Å². The summed E-state index contributed by atoms with van der Waals surface area (Å²) >= 11 is 1.63. The molecule has 2 aromatic rings. The van der Waals surface area contributed by atoms with Gasteiger partial charge in [-0.15, -0.1) is 11.3 Å². The minimum absolute atomic E-state index is 0.152. The molecule has 2 heterocycles. The summed E-state index contributed by atoms with van der Waals surface area (Å²) in [6.07, 6.45) is 2.97. The minimum Gasteiger partial charge on any atom is -0.496 e. The lowest BCUT2D eigenvalue weighted by Crippen LogP contribution is -2.39. The fraction of sp³-hybridized carbons (Fsp3) is 0.316. The number of piperidine rings is 1. The van der Waals surface area contributed by atoms with Gasteiger partial charge in [0.05, 0.1) is 17.8 Å². The zero-order valence-corrected chi connectivity index (χ0v) is 15.0. The van der Waals surface area contributed by atoms with Crippen molar-refractivity contribution in [3.63, 3.8) is 0 Å². The molecule has 1 aromatic carbocycles. The minimum atomic E-state index is -0.152. The van der Waals surface area contributed by atoms with Crippen LogP contribution in [-0.4, -0.2) is 42.2 Å². The summed E-state index contributed by atoms with van der Waals surface area (Å²) in [5, 5.41) is 10.3. The van der Waals surface area contributed by atoms with E-state index in [1.54, 1.807) is 23.3 Å². The van der Waals surface area contributed by atoms with Crippen molar-refractivity contribution in [1.29, 1.82) is 5.41 Å². The Hall–Kier alpha value is -2.47. The van der Waals surface area contributed by atoms with Gasteiger partial charge in [0.1, 0.15) is 5.75 Å². The number of rotatable bonds is 5. The number of likely N-dealkylation sites (tertiary alicyclic amines) is 1. The number of hydrogen-bond donors (Lipinski definition) is 1. The molecule has 1 fully saturated rings. The van der Waals surface area contributed by atoms with Crippen LogP contribution in [0.5, 0.6) is 5.75 Å². The molecule has 0 bridgehead atoms. The van der Waals surface area contributed by atoms with Gasteiger partial charge in [-0.25, -0.2) is 4.98 Å². The highest BCUT2D eigenvalue weighted by atomic mass is 32.1. The smallest absolute Gasteiger partial charge is 0.254 e. The molecule has 1 aliphatic rings. The van der Waals surface area contributed by atoms with Gasteiger partial charge in [0.15, 0.2) is 0 Å². The molecule has 1 saturated heterocycles. The van der Waals surface area contributed by atoms with E-state index in [9.17, 15) is 4.79 Å². The normalized spacial score (nSPS) is 17.2. The molecular formula is C19H21N3O2S. The number of para-hydroxylation sites is 1. The van der Waals surface area contributed by atoms with Gasteiger partial charge >= 0.3 is 0 Å². The molecule has 5 nitrogen and oxygen atoms in total. The van der Waals surface area contributed by atoms with Crippen molar-refractivity contribution in [2.75, 3.05) is 20.2 Å². The number of benzene rings is 1. The van der Waals surface area contributed by atoms with Crippen LogP contribution >= 0.6 is 11.3 Å². The molecule has 6 heteroatoms. The summed E-state index contributed by atoms with van der Waals surface area (Å²) in [6, 6.07) is 7.85. The number of nitrogens with one attached hydrogen (secondary N) is 1. The number of carbonyl (C=O) groups excluding carboxylic acids is 1. The van der Waals surface area contributed by atoms with Gasteiger partial charge in [0.2, 0.25) is 0 Å². The number of thiazole rings is 1. The molecule has 0 aliphatic carbocycles. The lowest BCUT2D eigenvalue weighted by Gasteiger charge is -2.31. The fourth-order valence-corrected chi connectivity index (χ4v) is 4.03. The summed E-state index contributed by atoms with van der Waals surface area (Å²) in [4.78, 5) is 18.8. The van der Waals surface area contributed by atoms with Gasteiger partial charge in [-0.1, -0.05) is 18.7 Å². The van der Waals surface area contributed by atoms with E-state index in [4.69, 9.17) is 15.1 Å². The Morgan fingerprint density at radius 1 is 1.48 bits per heavy atom. The van der Waals surface area contributed by atoms with Crippen LogP contribution < -0.4 is 4.74 Å². The third-order valence-electron chi connectivity index (χ3n) is 4.41. The van der Waals surface area contributed by atoms with Crippen LogP contribution in [0.4, 0.5) is 0 Å². The van der Waals surface area contributed by atoms with E-state index < -0.39 is 0 Å². The summed E-state index contributed by atoms with van der Waals surface area (Å²) in [5.41, 5.74) is 2.12. The standard InChI is InChI=1S/C19H21N3O2S/c1-13(10-20)19(23)22-9-5-6-14(11-22)18-21-16(12-25-18)15-7-3-4-8-17(15)24-2/h3-4,7-8,10,12,14,20H,1,5-6,9,11H2,2H3. The van der Waals surface area contributed by atoms with Crippen LogP contribution in [0, 0.1) is 5.41 Å². The molecule has 3 rings (SSSR count). The second-order valence-corrected chi connectivity index (χ2v) is 6.92. The van der Waals surface area contributed by atoms with E-state index in [2.05, 4.69) is 6.58 Å². The summed E-state index contributed by atoms with van der Waals surface area (Å²) < 4.78 is 5.42. The molecule has 130 valence electrons. The summed E-state index contributed by atoms with van der Waals surface area (Å²) in [7, 11) is 1.66. The van der Waals surface area contributed by atoms with Gasteiger partial charge in [-0.05, 0) is 25.0 Å². The first-order valence-electron chi connectivity index (χ1n) is 8.21. The third-order valence-corrected chi connectivity index (χ3v) is 5.42. The number of ether oxygens (including phenoxy) is 1. The molecule has 1 N–H and O–H groups in total. The van der Waals surface area contributed by atoms with Crippen molar-refractivity contribution in [2.45, 2.75) is 18.8 Å². The zero-order chi connectivity index (χ0) is 17.8. The predicted octanol–water partition coefficient (Wildman–Crippen LogP) is 3.73. The highest BCUT2D eigenvalue weighted by Crippen LogP contribution is 2.35. The Balaban J connectivity index is 1.79. The van der Waals surface area contributed by atoms with Crippen LogP contribution in [0.25, 0.3) is 11.3 Å². The number of carbonyl (C=O) groups is 1. The van der Waals surface area contributed by atoms with E-state index in [-0.39, 0.29) is 17.4 Å². The highest BCUT2D eigenvalue weighted by Gasteiger charge is 2.27. The lowest BCUT2D eigenvalue weighted by atomic mass is 9.98. The second kappa shape index (κ2) is 7.61. The van der Waals surface area contributed by atoms with Crippen molar-refractivity contribution in [3.05, 3.63) is 46.8 Å². The molecule has 1 amide bonds. The topological polar surface area (TPSA) is 66.3 Å². The van der Waals surface area contributed by atoms with Crippen LogP contribution in [0.15, 0.2) is 41.8 Å². The van der Waals surface area contributed by atoms with Crippen molar-refractivity contribution in [2.24, 2.45) is 0 Å². The maximum absolute atomic E-state index is 12.3. The SMILES string of the molecule is C=C(C=N)C(=O)N1CCCC(c2nc(-c3ccccc3OC)cs2)C1. The van der Waals surface area contributed by atoms with E-state index >= 15 is 0 Å². The van der Waals surface area contributed by atoms with E-state index in [1.165, 1.54) is 0 Å². The molecule has 1 aromatic heterocycles. The maximum atomic E-state index is 12.3. The molecule has 1 aliphatic heterocycles. The Morgan fingerprint density at radius 2 is 2.28 bits per heavy atom. The predicted molar refractivity (Wildman–Crippen MR) is 101 cm³/mol. The molecule has 1 unspecified atom stereocenters. The highest BCUT2D eigenvalue weighted by molar-refractivity contribution is 7.10. The zero-order valence-electron chi connectivity index (χ0n) is 14.2. The molecule has 0 spiro atoms. The Kier molecular flexibility index (Phi) is 5.28. The molecule has 1 atom stereocenters. The molecule has 0 saturated carbocycles. The third kappa shape index (κ3) is 3.64. The average Bonchev–Trinajstić information content (AvgIpc) is 3.16. The number of aromatic nitrogens is 1. The quantitative estimate of drug-likeness (QED) is 0.656. The van der Waals surface area contributed by atoms with Crippen molar-refractivity contribution in [1.82, 2.24) is 9.88 Å². The Bertz CT molecular complexity index is 799. The number of amides is 1. The number of nitrogens with zero attached hydrogens (tertiary/aromatic N) is 2. The Morgan fingerprint density at radius 3 is 3.04 bits per heavy atom. The average molecular weight is 355 g/mol. The molecule has 25 heavy (non-hydrogen) atoms. The van der Waals surface area contributed by atoms with Crippen LogP contribution in [0.1, 0.15) is 23.8 Å². The van der Waals surface area contributed by atoms with Gasteiger partial charge in [-0.3, -0.25) is 4.79 Å². The van der Waals surface area contributed by atoms with E-state index in [1.807, 2.05) is 29.6 Å². The first kappa shape index (κ1) is 17.4. The maximum Gasteiger partial charge on any atom is 0.254 e. The largest absolute Gasteiger partial charge is 0.496 e. The molecular weight excluding hydrogens is 334 g/mol. The van der Waals surface area contributed by atoms with Crippen LogP contribution in [-0.2, 0) is 4.79 Å².